The third-order valence-corrected chi connectivity index (χ3v) is 2.69. The van der Waals surface area contributed by atoms with Crippen LogP contribution in [0.15, 0.2) is 6.33 Å². The Bertz CT molecular complexity index is 311. The Hall–Kier alpha value is -1.43. The Morgan fingerprint density at radius 3 is 3.00 bits per heavy atom. The maximum atomic E-state index is 11.6. The lowest BCUT2D eigenvalue weighted by Gasteiger charge is -2.17. The first-order valence-corrected chi connectivity index (χ1v) is 5.52. The predicted octanol–water partition coefficient (Wildman–Crippen LogP) is -0.163. The molecule has 0 spiro atoms. The molecule has 0 fully saturated rings. The normalized spacial score (nSPS) is 14.4. The van der Waals surface area contributed by atoms with Gasteiger partial charge < -0.3 is 11.1 Å². The number of amides is 1. The Labute approximate surface area is 95.0 Å². The zero-order valence-corrected chi connectivity index (χ0v) is 9.73. The molecule has 16 heavy (non-hydrogen) atoms. The number of hydrogen-bond acceptors (Lipinski definition) is 4. The molecule has 2 atom stereocenters. The number of H-pyrrole nitrogens is 1. The third-order valence-electron chi connectivity index (χ3n) is 2.69. The second-order valence-electron chi connectivity index (χ2n) is 3.88. The number of aromatic nitrogens is 3. The summed E-state index contributed by atoms with van der Waals surface area (Å²) < 4.78 is 0. The van der Waals surface area contributed by atoms with Gasteiger partial charge in [-0.25, -0.2) is 4.98 Å². The number of hydrogen-bond donors (Lipinski definition) is 3. The molecule has 1 heterocycles. The van der Waals surface area contributed by atoms with E-state index in [1.165, 1.54) is 6.33 Å². The Balaban J connectivity index is 2.24. The number of carbonyl (C=O) groups is 1. The van der Waals surface area contributed by atoms with Crippen molar-refractivity contribution >= 4 is 5.91 Å². The minimum atomic E-state index is -0.431. The number of rotatable bonds is 6. The molecule has 0 bridgehead atoms. The molecule has 1 rings (SSSR count). The van der Waals surface area contributed by atoms with Gasteiger partial charge in [0, 0.05) is 13.0 Å². The largest absolute Gasteiger partial charge is 0.354 e. The molecule has 0 radical (unpaired) electrons. The standard InChI is InChI=1S/C10H19N5O/c1-3-7(2)9(11)10(16)12-5-4-8-13-6-14-15-8/h6-7,9H,3-5,11H2,1-2H3,(H,12,16)(H,13,14,15)/t7-,9-/m0/s1. The van der Waals surface area contributed by atoms with Gasteiger partial charge in [-0.3, -0.25) is 9.89 Å². The molecule has 4 N–H and O–H groups in total. The lowest BCUT2D eigenvalue weighted by molar-refractivity contribution is -0.123. The van der Waals surface area contributed by atoms with Crippen molar-refractivity contribution in [2.24, 2.45) is 11.7 Å². The molecule has 0 aromatic carbocycles. The van der Waals surface area contributed by atoms with Gasteiger partial charge in [0.25, 0.3) is 0 Å². The van der Waals surface area contributed by atoms with Crippen molar-refractivity contribution in [1.29, 1.82) is 0 Å². The van der Waals surface area contributed by atoms with Crippen LogP contribution in [0.3, 0.4) is 0 Å². The quantitative estimate of drug-likeness (QED) is 0.626. The summed E-state index contributed by atoms with van der Waals surface area (Å²) in [6.45, 7) is 4.52. The first-order valence-electron chi connectivity index (χ1n) is 5.52. The van der Waals surface area contributed by atoms with Gasteiger partial charge in [-0.2, -0.15) is 5.10 Å². The van der Waals surface area contributed by atoms with Crippen LogP contribution >= 0.6 is 0 Å². The number of nitrogens with zero attached hydrogens (tertiary/aromatic N) is 2. The van der Waals surface area contributed by atoms with Gasteiger partial charge in [0.15, 0.2) is 0 Å². The topological polar surface area (TPSA) is 96.7 Å². The van der Waals surface area contributed by atoms with Crippen molar-refractivity contribution in [1.82, 2.24) is 20.5 Å². The van der Waals surface area contributed by atoms with Crippen LogP contribution in [0.25, 0.3) is 0 Å². The summed E-state index contributed by atoms with van der Waals surface area (Å²) in [4.78, 5) is 15.5. The molecule has 1 amide bonds. The summed E-state index contributed by atoms with van der Waals surface area (Å²) in [5, 5.41) is 9.24. The summed E-state index contributed by atoms with van der Waals surface area (Å²) in [5.41, 5.74) is 5.78. The monoisotopic (exact) mass is 225 g/mol. The van der Waals surface area contributed by atoms with Crippen LogP contribution in [-0.4, -0.2) is 33.7 Å². The molecule has 90 valence electrons. The molecule has 0 saturated carbocycles. The average molecular weight is 225 g/mol. The molecule has 0 saturated heterocycles. The van der Waals surface area contributed by atoms with Crippen molar-refractivity contribution < 1.29 is 4.79 Å². The van der Waals surface area contributed by atoms with E-state index in [1.54, 1.807) is 0 Å². The minimum absolute atomic E-state index is 0.103. The highest BCUT2D eigenvalue weighted by Gasteiger charge is 2.18. The molecular weight excluding hydrogens is 206 g/mol. The molecule has 0 aliphatic heterocycles. The van der Waals surface area contributed by atoms with E-state index in [0.717, 1.165) is 12.2 Å². The first-order chi connectivity index (χ1) is 7.65. The maximum absolute atomic E-state index is 11.6. The summed E-state index contributed by atoms with van der Waals surface area (Å²) in [6, 6.07) is -0.431. The van der Waals surface area contributed by atoms with E-state index in [9.17, 15) is 4.79 Å². The lowest BCUT2D eigenvalue weighted by atomic mass is 9.99. The smallest absolute Gasteiger partial charge is 0.237 e. The molecule has 0 unspecified atom stereocenters. The molecule has 1 aromatic rings. The second kappa shape index (κ2) is 6.22. The van der Waals surface area contributed by atoms with Gasteiger partial charge in [0.1, 0.15) is 12.2 Å². The first kappa shape index (κ1) is 12.6. The number of carbonyl (C=O) groups excluding carboxylic acids is 1. The lowest BCUT2D eigenvalue weighted by Crippen LogP contribution is -2.45. The summed E-state index contributed by atoms with van der Waals surface area (Å²) in [7, 11) is 0. The molecule has 6 nitrogen and oxygen atoms in total. The molecule has 0 aliphatic rings. The summed E-state index contributed by atoms with van der Waals surface area (Å²) in [5.74, 6) is 0.858. The van der Waals surface area contributed by atoms with Crippen molar-refractivity contribution in [3.63, 3.8) is 0 Å². The number of nitrogens with two attached hydrogens (primary N) is 1. The zero-order chi connectivity index (χ0) is 12.0. The van der Waals surface area contributed by atoms with E-state index < -0.39 is 6.04 Å². The van der Waals surface area contributed by atoms with Crippen LogP contribution in [-0.2, 0) is 11.2 Å². The fraction of sp³-hybridized carbons (Fsp3) is 0.700. The van der Waals surface area contributed by atoms with Crippen LogP contribution in [0.2, 0.25) is 0 Å². The Kier molecular flexibility index (Phi) is 4.91. The van der Waals surface area contributed by atoms with Gasteiger partial charge in [-0.1, -0.05) is 20.3 Å². The van der Waals surface area contributed by atoms with Crippen LogP contribution in [0.4, 0.5) is 0 Å². The van der Waals surface area contributed by atoms with E-state index in [4.69, 9.17) is 5.73 Å². The SMILES string of the molecule is CC[C@H](C)[C@H](N)C(=O)NCCc1ncn[nH]1. The van der Waals surface area contributed by atoms with Crippen LogP contribution in [0, 0.1) is 5.92 Å². The van der Waals surface area contributed by atoms with Gasteiger partial charge >= 0.3 is 0 Å². The molecule has 1 aromatic heterocycles. The zero-order valence-electron chi connectivity index (χ0n) is 9.73. The van der Waals surface area contributed by atoms with Crippen LogP contribution in [0.1, 0.15) is 26.1 Å². The average Bonchev–Trinajstić information content (AvgIpc) is 2.79. The van der Waals surface area contributed by atoms with Crippen molar-refractivity contribution in [2.75, 3.05) is 6.54 Å². The maximum Gasteiger partial charge on any atom is 0.237 e. The number of aromatic amines is 1. The van der Waals surface area contributed by atoms with Crippen molar-refractivity contribution in [3.8, 4) is 0 Å². The van der Waals surface area contributed by atoms with Gasteiger partial charge in [-0.15, -0.1) is 0 Å². The van der Waals surface area contributed by atoms with Gasteiger partial charge in [0.05, 0.1) is 6.04 Å². The molecule has 0 aliphatic carbocycles. The number of nitrogens with one attached hydrogen (secondary N) is 2. The minimum Gasteiger partial charge on any atom is -0.354 e. The fourth-order valence-corrected chi connectivity index (χ4v) is 1.29. The Morgan fingerprint density at radius 2 is 2.44 bits per heavy atom. The van der Waals surface area contributed by atoms with E-state index >= 15 is 0 Å². The van der Waals surface area contributed by atoms with E-state index in [0.29, 0.717) is 13.0 Å². The van der Waals surface area contributed by atoms with E-state index in [2.05, 4.69) is 20.5 Å². The van der Waals surface area contributed by atoms with Crippen LogP contribution in [0.5, 0.6) is 0 Å². The fourth-order valence-electron chi connectivity index (χ4n) is 1.29. The Morgan fingerprint density at radius 1 is 1.69 bits per heavy atom. The van der Waals surface area contributed by atoms with Gasteiger partial charge in [0.2, 0.25) is 5.91 Å². The van der Waals surface area contributed by atoms with Gasteiger partial charge in [-0.05, 0) is 5.92 Å². The van der Waals surface area contributed by atoms with Crippen molar-refractivity contribution in [3.05, 3.63) is 12.2 Å². The molecular formula is C10H19N5O. The highest BCUT2D eigenvalue weighted by atomic mass is 16.2. The van der Waals surface area contributed by atoms with E-state index in [-0.39, 0.29) is 11.8 Å². The summed E-state index contributed by atoms with van der Waals surface area (Å²) >= 11 is 0. The third kappa shape index (κ3) is 3.62. The highest BCUT2D eigenvalue weighted by Crippen LogP contribution is 2.04. The predicted molar refractivity (Wildman–Crippen MR) is 60.5 cm³/mol. The van der Waals surface area contributed by atoms with Crippen LogP contribution < -0.4 is 11.1 Å². The second-order valence-corrected chi connectivity index (χ2v) is 3.88. The van der Waals surface area contributed by atoms with Crippen molar-refractivity contribution in [2.45, 2.75) is 32.7 Å². The highest BCUT2D eigenvalue weighted by molar-refractivity contribution is 5.81. The summed E-state index contributed by atoms with van der Waals surface area (Å²) in [6.07, 6.45) is 2.98. The van der Waals surface area contributed by atoms with E-state index in [1.807, 2.05) is 13.8 Å². The molecule has 6 heteroatoms.